The third-order valence-corrected chi connectivity index (χ3v) is 4.11. The SMILES string of the molecule is CC(C(=O)NCCNS(C)(=O)=O)N1C(=O)c2ccccc2C1=O. The van der Waals surface area contributed by atoms with Crippen molar-refractivity contribution < 1.29 is 22.8 Å². The van der Waals surface area contributed by atoms with E-state index in [1.165, 1.54) is 19.1 Å². The maximum absolute atomic E-state index is 12.2. The summed E-state index contributed by atoms with van der Waals surface area (Å²) in [5, 5.41) is 2.49. The molecule has 1 heterocycles. The standard InChI is InChI=1S/C14H17N3O5S/c1-9(12(18)15-7-8-16-23(2,21)22)17-13(19)10-5-3-4-6-11(10)14(17)20/h3-6,9,16H,7-8H2,1-2H3,(H,15,18). The second-order valence-corrected chi connectivity index (χ2v) is 6.99. The van der Waals surface area contributed by atoms with Gasteiger partial charge in [-0.2, -0.15) is 0 Å². The van der Waals surface area contributed by atoms with Crippen LogP contribution in [-0.4, -0.2) is 56.4 Å². The molecule has 1 aromatic carbocycles. The van der Waals surface area contributed by atoms with Crippen molar-refractivity contribution in [1.29, 1.82) is 0 Å². The average molecular weight is 339 g/mol. The molecule has 0 bridgehead atoms. The molecule has 3 amide bonds. The summed E-state index contributed by atoms with van der Waals surface area (Å²) in [6, 6.07) is 5.39. The van der Waals surface area contributed by atoms with Crippen LogP contribution in [0.2, 0.25) is 0 Å². The van der Waals surface area contributed by atoms with Crippen molar-refractivity contribution in [2.75, 3.05) is 19.3 Å². The summed E-state index contributed by atoms with van der Waals surface area (Å²) >= 11 is 0. The maximum Gasteiger partial charge on any atom is 0.262 e. The number of fused-ring (bicyclic) bond motifs is 1. The van der Waals surface area contributed by atoms with Gasteiger partial charge in [-0.1, -0.05) is 12.1 Å². The van der Waals surface area contributed by atoms with E-state index in [0.29, 0.717) is 0 Å². The molecule has 124 valence electrons. The number of imide groups is 1. The zero-order chi connectivity index (χ0) is 17.2. The van der Waals surface area contributed by atoms with Gasteiger partial charge in [0, 0.05) is 13.1 Å². The summed E-state index contributed by atoms with van der Waals surface area (Å²) in [4.78, 5) is 37.5. The molecule has 0 aromatic heterocycles. The molecule has 1 aliphatic rings. The molecule has 23 heavy (non-hydrogen) atoms. The summed E-state index contributed by atoms with van der Waals surface area (Å²) in [5.74, 6) is -1.56. The fraction of sp³-hybridized carbons (Fsp3) is 0.357. The molecule has 8 nitrogen and oxygen atoms in total. The van der Waals surface area contributed by atoms with Crippen molar-refractivity contribution in [2.24, 2.45) is 0 Å². The van der Waals surface area contributed by atoms with Gasteiger partial charge in [0.2, 0.25) is 15.9 Å². The third kappa shape index (κ3) is 3.74. The van der Waals surface area contributed by atoms with E-state index < -0.39 is 33.8 Å². The molecular formula is C14H17N3O5S. The van der Waals surface area contributed by atoms with Gasteiger partial charge in [0.15, 0.2) is 0 Å². The van der Waals surface area contributed by atoms with Crippen molar-refractivity contribution in [3.8, 4) is 0 Å². The zero-order valence-electron chi connectivity index (χ0n) is 12.7. The van der Waals surface area contributed by atoms with Gasteiger partial charge in [0.25, 0.3) is 11.8 Å². The summed E-state index contributed by atoms with van der Waals surface area (Å²) in [6.07, 6.45) is 1.01. The molecular weight excluding hydrogens is 322 g/mol. The van der Waals surface area contributed by atoms with Crippen molar-refractivity contribution in [1.82, 2.24) is 14.9 Å². The highest BCUT2D eigenvalue weighted by molar-refractivity contribution is 7.88. The Morgan fingerprint density at radius 2 is 1.65 bits per heavy atom. The van der Waals surface area contributed by atoms with E-state index in [2.05, 4.69) is 10.0 Å². The molecule has 1 aromatic rings. The van der Waals surface area contributed by atoms with E-state index in [9.17, 15) is 22.8 Å². The number of amides is 3. The predicted octanol–water partition coefficient (Wildman–Crippen LogP) is -0.663. The van der Waals surface area contributed by atoms with Crippen LogP contribution in [0.3, 0.4) is 0 Å². The predicted molar refractivity (Wildman–Crippen MR) is 82.3 cm³/mol. The number of hydrogen-bond acceptors (Lipinski definition) is 5. The molecule has 0 aliphatic carbocycles. The zero-order valence-corrected chi connectivity index (χ0v) is 13.5. The highest BCUT2D eigenvalue weighted by Crippen LogP contribution is 2.24. The highest BCUT2D eigenvalue weighted by atomic mass is 32.2. The fourth-order valence-corrected chi connectivity index (χ4v) is 2.72. The van der Waals surface area contributed by atoms with E-state index in [4.69, 9.17) is 0 Å². The van der Waals surface area contributed by atoms with Crippen LogP contribution in [0.4, 0.5) is 0 Å². The van der Waals surface area contributed by atoms with E-state index in [1.54, 1.807) is 12.1 Å². The van der Waals surface area contributed by atoms with Gasteiger partial charge in [-0.15, -0.1) is 0 Å². The van der Waals surface area contributed by atoms with Crippen LogP contribution < -0.4 is 10.0 Å². The number of sulfonamides is 1. The van der Waals surface area contributed by atoms with Crippen LogP contribution in [0, 0.1) is 0 Å². The molecule has 0 spiro atoms. The summed E-state index contributed by atoms with van der Waals surface area (Å²) < 4.78 is 24.0. The van der Waals surface area contributed by atoms with E-state index in [1.807, 2.05) is 0 Å². The number of carbonyl (C=O) groups excluding carboxylic acids is 3. The number of carbonyl (C=O) groups is 3. The molecule has 1 aliphatic heterocycles. The van der Waals surface area contributed by atoms with Gasteiger partial charge in [-0.25, -0.2) is 13.1 Å². The Morgan fingerprint density at radius 1 is 1.13 bits per heavy atom. The van der Waals surface area contributed by atoms with Crippen LogP contribution in [0.1, 0.15) is 27.6 Å². The molecule has 9 heteroatoms. The lowest BCUT2D eigenvalue weighted by Gasteiger charge is -2.21. The van der Waals surface area contributed by atoms with Crippen LogP contribution >= 0.6 is 0 Å². The Hall–Kier alpha value is -2.26. The number of rotatable bonds is 6. The van der Waals surface area contributed by atoms with Gasteiger partial charge < -0.3 is 5.32 Å². The van der Waals surface area contributed by atoms with Crippen molar-refractivity contribution >= 4 is 27.7 Å². The van der Waals surface area contributed by atoms with E-state index in [-0.39, 0.29) is 24.2 Å². The van der Waals surface area contributed by atoms with E-state index >= 15 is 0 Å². The van der Waals surface area contributed by atoms with Crippen LogP contribution in [0.5, 0.6) is 0 Å². The maximum atomic E-state index is 12.2. The number of hydrogen-bond donors (Lipinski definition) is 2. The summed E-state index contributed by atoms with van der Waals surface area (Å²) in [5.41, 5.74) is 0.548. The van der Waals surface area contributed by atoms with Gasteiger partial charge in [0.1, 0.15) is 6.04 Å². The minimum atomic E-state index is -3.33. The summed E-state index contributed by atoms with van der Waals surface area (Å²) in [6.45, 7) is 1.53. The first-order chi connectivity index (χ1) is 10.7. The topological polar surface area (TPSA) is 113 Å². The Labute approximate surface area is 133 Å². The quantitative estimate of drug-likeness (QED) is 0.527. The Morgan fingerprint density at radius 3 is 2.13 bits per heavy atom. The van der Waals surface area contributed by atoms with Crippen LogP contribution in [0.15, 0.2) is 24.3 Å². The Kier molecular flexibility index (Phi) is 4.81. The lowest BCUT2D eigenvalue weighted by molar-refractivity contribution is -0.124. The molecule has 0 fully saturated rings. The molecule has 0 saturated heterocycles. The normalized spacial score (nSPS) is 15.5. The Bertz CT molecular complexity index is 724. The minimum absolute atomic E-state index is 0.0272. The lowest BCUT2D eigenvalue weighted by Crippen LogP contribution is -2.49. The number of nitrogens with one attached hydrogen (secondary N) is 2. The van der Waals surface area contributed by atoms with Crippen LogP contribution in [0.25, 0.3) is 0 Å². The molecule has 0 saturated carbocycles. The molecule has 2 rings (SSSR count). The molecule has 2 N–H and O–H groups in total. The fourth-order valence-electron chi connectivity index (χ4n) is 2.25. The first-order valence-electron chi connectivity index (χ1n) is 6.91. The van der Waals surface area contributed by atoms with Gasteiger partial charge in [-0.05, 0) is 19.1 Å². The number of nitrogens with zero attached hydrogens (tertiary/aromatic N) is 1. The van der Waals surface area contributed by atoms with Gasteiger partial charge >= 0.3 is 0 Å². The first-order valence-corrected chi connectivity index (χ1v) is 8.81. The highest BCUT2D eigenvalue weighted by Gasteiger charge is 2.40. The molecule has 1 unspecified atom stereocenters. The molecule has 1 atom stereocenters. The van der Waals surface area contributed by atoms with Crippen molar-refractivity contribution in [2.45, 2.75) is 13.0 Å². The second-order valence-electron chi connectivity index (χ2n) is 5.16. The second kappa shape index (κ2) is 6.47. The Balaban J connectivity index is 1.98. The monoisotopic (exact) mass is 339 g/mol. The minimum Gasteiger partial charge on any atom is -0.353 e. The lowest BCUT2D eigenvalue weighted by atomic mass is 10.1. The molecule has 0 radical (unpaired) electrons. The van der Waals surface area contributed by atoms with E-state index in [0.717, 1.165) is 11.2 Å². The number of benzene rings is 1. The van der Waals surface area contributed by atoms with Gasteiger partial charge in [-0.3, -0.25) is 19.3 Å². The average Bonchev–Trinajstić information content (AvgIpc) is 2.74. The largest absolute Gasteiger partial charge is 0.353 e. The van der Waals surface area contributed by atoms with Gasteiger partial charge in [0.05, 0.1) is 17.4 Å². The van der Waals surface area contributed by atoms with Crippen molar-refractivity contribution in [3.63, 3.8) is 0 Å². The smallest absolute Gasteiger partial charge is 0.262 e. The van der Waals surface area contributed by atoms with Crippen LogP contribution in [-0.2, 0) is 14.8 Å². The third-order valence-electron chi connectivity index (χ3n) is 3.38. The summed E-state index contributed by atoms with van der Waals surface area (Å²) in [7, 11) is -3.33. The van der Waals surface area contributed by atoms with Crippen molar-refractivity contribution in [3.05, 3.63) is 35.4 Å². The first kappa shape index (κ1) is 17.1.